The summed E-state index contributed by atoms with van der Waals surface area (Å²) in [5.74, 6) is 0. The summed E-state index contributed by atoms with van der Waals surface area (Å²) in [5, 5.41) is 20.7. The van der Waals surface area contributed by atoms with Crippen molar-refractivity contribution >= 4 is 27.3 Å². The number of aliphatic hydroxyl groups is 1. The molecule has 1 aliphatic rings. The lowest BCUT2D eigenvalue weighted by Gasteiger charge is -2.45. The molecular weight excluding hydrogens is 320 g/mol. The molecule has 2 rings (SSSR count). The van der Waals surface area contributed by atoms with Gasteiger partial charge in [-0.25, -0.2) is 8.42 Å². The van der Waals surface area contributed by atoms with Crippen LogP contribution in [-0.4, -0.2) is 41.4 Å². The molecule has 0 atom stereocenters. The van der Waals surface area contributed by atoms with E-state index in [0.717, 1.165) is 22.9 Å². The molecule has 1 saturated heterocycles. The minimum absolute atomic E-state index is 0.0256. The summed E-state index contributed by atoms with van der Waals surface area (Å²) in [6.45, 7) is 1.84. The van der Waals surface area contributed by atoms with Crippen LogP contribution in [-0.2, 0) is 10.0 Å². The van der Waals surface area contributed by atoms with Gasteiger partial charge in [-0.2, -0.15) is 4.31 Å². The molecule has 116 valence electrons. The Morgan fingerprint density at radius 3 is 2.62 bits per heavy atom. The second kappa shape index (κ2) is 5.53. The molecule has 0 amide bonds. The predicted octanol–water partition coefficient (Wildman–Crippen LogP) is 1.78. The van der Waals surface area contributed by atoms with E-state index in [2.05, 4.69) is 0 Å². The molecule has 1 aromatic rings. The number of halogens is 1. The number of nitro groups is 1. The second-order valence-electron chi connectivity index (χ2n) is 5.12. The SMILES string of the molecule is CCCC1(O)CN(S(=O)(=O)c2cc([N+](=O)[O-])ccc2Cl)C1. The first-order valence-corrected chi connectivity index (χ1v) is 8.18. The Hall–Kier alpha value is -1.22. The van der Waals surface area contributed by atoms with Crippen molar-refractivity contribution in [3.05, 3.63) is 33.3 Å². The molecule has 0 aromatic heterocycles. The van der Waals surface area contributed by atoms with Crippen LogP contribution in [0.2, 0.25) is 5.02 Å². The van der Waals surface area contributed by atoms with Gasteiger partial charge in [0.25, 0.3) is 5.69 Å². The Balaban J connectivity index is 2.30. The van der Waals surface area contributed by atoms with Crippen molar-refractivity contribution in [2.45, 2.75) is 30.3 Å². The van der Waals surface area contributed by atoms with Crippen molar-refractivity contribution in [1.29, 1.82) is 0 Å². The lowest BCUT2D eigenvalue weighted by Crippen LogP contribution is -2.63. The van der Waals surface area contributed by atoms with Gasteiger partial charge in [-0.15, -0.1) is 0 Å². The van der Waals surface area contributed by atoms with Crippen molar-refractivity contribution in [3.8, 4) is 0 Å². The van der Waals surface area contributed by atoms with Crippen LogP contribution in [0.25, 0.3) is 0 Å². The molecule has 9 heteroatoms. The topological polar surface area (TPSA) is 101 Å². The minimum atomic E-state index is -3.94. The molecule has 0 saturated carbocycles. The summed E-state index contributed by atoms with van der Waals surface area (Å²) < 4.78 is 25.9. The van der Waals surface area contributed by atoms with Gasteiger partial charge >= 0.3 is 0 Å². The summed E-state index contributed by atoms with van der Waals surface area (Å²) >= 11 is 5.85. The van der Waals surface area contributed by atoms with E-state index < -0.39 is 20.5 Å². The smallest absolute Gasteiger partial charge is 0.270 e. The zero-order chi connectivity index (χ0) is 15.8. The van der Waals surface area contributed by atoms with Gasteiger partial charge < -0.3 is 5.11 Å². The maximum atomic E-state index is 12.4. The normalized spacial score (nSPS) is 18.2. The van der Waals surface area contributed by atoms with E-state index in [-0.39, 0.29) is 28.7 Å². The zero-order valence-electron chi connectivity index (χ0n) is 11.3. The Bertz CT molecular complexity index is 670. The zero-order valence-corrected chi connectivity index (χ0v) is 12.9. The maximum Gasteiger partial charge on any atom is 0.270 e. The largest absolute Gasteiger partial charge is 0.387 e. The number of nitro benzene ring substituents is 1. The van der Waals surface area contributed by atoms with Gasteiger partial charge in [-0.1, -0.05) is 24.9 Å². The highest BCUT2D eigenvalue weighted by atomic mass is 35.5. The molecule has 21 heavy (non-hydrogen) atoms. The van der Waals surface area contributed by atoms with Crippen LogP contribution in [0.15, 0.2) is 23.1 Å². The van der Waals surface area contributed by atoms with Gasteiger partial charge in [0.1, 0.15) is 4.90 Å². The average molecular weight is 335 g/mol. The van der Waals surface area contributed by atoms with Gasteiger partial charge in [0.15, 0.2) is 0 Å². The number of nitrogens with zero attached hydrogens (tertiary/aromatic N) is 2. The number of β-amino-alcohol motifs (C(OH)–C–C–N with tert-alkyl or cyclic N) is 1. The number of sulfonamides is 1. The summed E-state index contributed by atoms with van der Waals surface area (Å²) in [7, 11) is -3.94. The molecule has 0 aliphatic carbocycles. The number of non-ortho nitro benzene ring substituents is 1. The van der Waals surface area contributed by atoms with E-state index >= 15 is 0 Å². The highest BCUT2D eigenvalue weighted by Gasteiger charge is 2.47. The first kappa shape index (κ1) is 16.2. The quantitative estimate of drug-likeness (QED) is 0.653. The average Bonchev–Trinajstić information content (AvgIpc) is 2.36. The van der Waals surface area contributed by atoms with E-state index in [4.69, 9.17) is 11.6 Å². The standard InChI is InChI=1S/C12H15ClN2O5S/c1-2-5-12(16)7-14(8-12)21(19,20)11-6-9(15(17)18)3-4-10(11)13/h3-4,6,16H,2,5,7-8H2,1H3. The molecule has 1 N–H and O–H groups in total. The molecule has 1 aromatic carbocycles. The predicted molar refractivity (Wildman–Crippen MR) is 76.7 cm³/mol. The number of hydrogen-bond donors (Lipinski definition) is 1. The van der Waals surface area contributed by atoms with Crippen molar-refractivity contribution in [2.75, 3.05) is 13.1 Å². The Kier molecular flexibility index (Phi) is 4.25. The summed E-state index contributed by atoms with van der Waals surface area (Å²) in [5.41, 5.74) is -1.36. The van der Waals surface area contributed by atoms with Crippen molar-refractivity contribution in [3.63, 3.8) is 0 Å². The first-order chi connectivity index (χ1) is 9.69. The fraction of sp³-hybridized carbons (Fsp3) is 0.500. The fourth-order valence-corrected chi connectivity index (χ4v) is 4.44. The Morgan fingerprint density at radius 1 is 1.48 bits per heavy atom. The van der Waals surface area contributed by atoms with Gasteiger partial charge in [0.2, 0.25) is 10.0 Å². The van der Waals surface area contributed by atoms with Crippen molar-refractivity contribution in [1.82, 2.24) is 4.31 Å². The first-order valence-electron chi connectivity index (χ1n) is 6.36. The van der Waals surface area contributed by atoms with Crippen LogP contribution < -0.4 is 0 Å². The minimum Gasteiger partial charge on any atom is -0.387 e. The van der Waals surface area contributed by atoms with E-state index in [1.807, 2.05) is 6.92 Å². The Morgan fingerprint density at radius 2 is 2.10 bits per heavy atom. The summed E-state index contributed by atoms with van der Waals surface area (Å²) in [6.07, 6.45) is 1.24. The molecule has 1 aliphatic heterocycles. The van der Waals surface area contributed by atoms with E-state index in [1.54, 1.807) is 0 Å². The van der Waals surface area contributed by atoms with E-state index in [9.17, 15) is 23.6 Å². The van der Waals surface area contributed by atoms with Gasteiger partial charge in [-0.3, -0.25) is 10.1 Å². The third-order valence-electron chi connectivity index (χ3n) is 3.40. The summed E-state index contributed by atoms with van der Waals surface area (Å²) in [4.78, 5) is 9.76. The molecule has 7 nitrogen and oxygen atoms in total. The van der Waals surface area contributed by atoms with Crippen molar-refractivity contribution in [2.24, 2.45) is 0 Å². The molecule has 1 fully saturated rings. The molecule has 0 unspecified atom stereocenters. The summed E-state index contributed by atoms with van der Waals surface area (Å²) in [6, 6.07) is 3.27. The number of benzene rings is 1. The highest BCUT2D eigenvalue weighted by Crippen LogP contribution is 2.35. The van der Waals surface area contributed by atoms with E-state index in [0.29, 0.717) is 6.42 Å². The van der Waals surface area contributed by atoms with Crippen LogP contribution in [0.3, 0.4) is 0 Å². The number of hydrogen-bond acceptors (Lipinski definition) is 5. The van der Waals surface area contributed by atoms with Gasteiger partial charge in [-0.05, 0) is 12.5 Å². The lowest BCUT2D eigenvalue weighted by molar-refractivity contribution is -0.385. The highest BCUT2D eigenvalue weighted by molar-refractivity contribution is 7.89. The van der Waals surface area contributed by atoms with Crippen LogP contribution in [0.4, 0.5) is 5.69 Å². The molecule has 1 heterocycles. The van der Waals surface area contributed by atoms with Crippen molar-refractivity contribution < 1.29 is 18.4 Å². The van der Waals surface area contributed by atoms with Crippen LogP contribution in [0.5, 0.6) is 0 Å². The van der Waals surface area contributed by atoms with Crippen LogP contribution in [0, 0.1) is 10.1 Å². The second-order valence-corrected chi connectivity index (χ2v) is 7.43. The van der Waals surface area contributed by atoms with E-state index in [1.165, 1.54) is 6.07 Å². The lowest BCUT2D eigenvalue weighted by atomic mass is 9.92. The third kappa shape index (κ3) is 3.03. The van der Waals surface area contributed by atoms with Gasteiger partial charge in [0.05, 0.1) is 15.5 Å². The monoisotopic (exact) mass is 334 g/mol. The molecule has 0 bridgehead atoms. The maximum absolute atomic E-state index is 12.4. The van der Waals surface area contributed by atoms with Gasteiger partial charge in [0, 0.05) is 25.2 Å². The van der Waals surface area contributed by atoms with Crippen LogP contribution >= 0.6 is 11.6 Å². The van der Waals surface area contributed by atoms with Crippen LogP contribution in [0.1, 0.15) is 19.8 Å². The molecule has 0 radical (unpaired) electrons. The molecular formula is C12H15ClN2O5S. The number of rotatable bonds is 5. The molecule has 0 spiro atoms. The third-order valence-corrected chi connectivity index (χ3v) is 5.67. The Labute approximate surface area is 127 Å². The fourth-order valence-electron chi connectivity index (χ4n) is 2.35.